The molecule has 3 N–H and O–H groups in total. The second-order valence-corrected chi connectivity index (χ2v) is 5.55. The molecule has 1 aromatic rings. The highest BCUT2D eigenvalue weighted by Gasteiger charge is 2.38. The Morgan fingerprint density at radius 3 is 1.85 bits per heavy atom. The van der Waals surface area contributed by atoms with Gasteiger partial charge in [-0.25, -0.2) is 0 Å². The van der Waals surface area contributed by atoms with Crippen molar-refractivity contribution in [1.29, 1.82) is 0 Å². The number of unbranched alkanes of at least 4 members (excludes halogenated alkanes) is 3. The lowest BCUT2D eigenvalue weighted by Crippen LogP contribution is -2.16. The van der Waals surface area contributed by atoms with Gasteiger partial charge in [-0.2, -0.15) is 0 Å². The Morgan fingerprint density at radius 2 is 1.46 bits per heavy atom. The van der Waals surface area contributed by atoms with Crippen LogP contribution < -0.4 is 5.73 Å². The molecular formula is C14H18N4O8. The van der Waals surface area contributed by atoms with Crippen LogP contribution in [0.5, 0.6) is 0 Å². The fourth-order valence-corrected chi connectivity index (χ4v) is 2.61. The van der Waals surface area contributed by atoms with Gasteiger partial charge in [0.25, 0.3) is 17.1 Å². The number of nitrogens with zero attached hydrogens (tertiary/aromatic N) is 3. The summed E-state index contributed by atoms with van der Waals surface area (Å²) in [7, 11) is 0. The average molecular weight is 370 g/mol. The second-order valence-electron chi connectivity index (χ2n) is 5.55. The van der Waals surface area contributed by atoms with Crippen LogP contribution in [-0.2, 0) is 4.79 Å². The van der Waals surface area contributed by atoms with Crippen molar-refractivity contribution in [2.75, 3.05) is 6.54 Å². The maximum atomic E-state index is 11.6. The Kier molecular flexibility index (Phi) is 7.52. The number of rotatable bonds is 11. The molecule has 1 atom stereocenters. The SMILES string of the molecule is NCCCCCCC(C(=O)O)c1c([N+](=O)[O-])cc([N+](=O)[O-])cc1[N+](=O)[O-]. The van der Waals surface area contributed by atoms with Crippen LogP contribution in [0.1, 0.15) is 43.6 Å². The first kappa shape index (κ1) is 20.9. The number of aliphatic carboxylic acids is 1. The third-order valence-corrected chi connectivity index (χ3v) is 3.82. The Morgan fingerprint density at radius 1 is 0.962 bits per heavy atom. The molecule has 0 aliphatic carbocycles. The molecule has 1 rings (SSSR count). The van der Waals surface area contributed by atoms with Gasteiger partial charge in [0.2, 0.25) is 0 Å². The summed E-state index contributed by atoms with van der Waals surface area (Å²) in [5.41, 5.74) is 1.99. The van der Waals surface area contributed by atoms with Crippen LogP contribution in [0.15, 0.2) is 12.1 Å². The minimum absolute atomic E-state index is 0.0700. The van der Waals surface area contributed by atoms with E-state index in [0.717, 1.165) is 12.8 Å². The highest BCUT2D eigenvalue weighted by Crippen LogP contribution is 2.40. The van der Waals surface area contributed by atoms with E-state index in [1.54, 1.807) is 0 Å². The summed E-state index contributed by atoms with van der Waals surface area (Å²) >= 11 is 0. The summed E-state index contributed by atoms with van der Waals surface area (Å²) in [6.45, 7) is 0.474. The molecule has 0 saturated carbocycles. The third-order valence-electron chi connectivity index (χ3n) is 3.82. The van der Waals surface area contributed by atoms with Gasteiger partial charge >= 0.3 is 5.97 Å². The van der Waals surface area contributed by atoms with E-state index < -0.39 is 49.3 Å². The number of benzene rings is 1. The molecular weight excluding hydrogens is 352 g/mol. The predicted octanol–water partition coefficient (Wildman–Crippen LogP) is 2.49. The van der Waals surface area contributed by atoms with Gasteiger partial charge in [0, 0.05) is 0 Å². The van der Waals surface area contributed by atoms with E-state index in [4.69, 9.17) is 5.73 Å². The number of nitrogens with two attached hydrogens (primary N) is 1. The molecule has 1 unspecified atom stereocenters. The predicted molar refractivity (Wildman–Crippen MR) is 88.9 cm³/mol. The van der Waals surface area contributed by atoms with Crippen LogP contribution in [0.25, 0.3) is 0 Å². The van der Waals surface area contributed by atoms with Crippen LogP contribution >= 0.6 is 0 Å². The number of carboxylic acid groups (broad SMARTS) is 1. The maximum absolute atomic E-state index is 11.6. The summed E-state index contributed by atoms with van der Waals surface area (Å²) in [4.78, 5) is 41.9. The molecule has 26 heavy (non-hydrogen) atoms. The van der Waals surface area contributed by atoms with Gasteiger partial charge < -0.3 is 10.8 Å². The first-order valence-electron chi connectivity index (χ1n) is 7.74. The van der Waals surface area contributed by atoms with Crippen molar-refractivity contribution >= 4 is 23.0 Å². The summed E-state index contributed by atoms with van der Waals surface area (Å²) in [6.07, 6.45) is 2.36. The number of hydrogen-bond acceptors (Lipinski definition) is 8. The van der Waals surface area contributed by atoms with E-state index in [1.165, 1.54) is 0 Å². The number of carboxylic acids is 1. The Balaban J connectivity index is 3.39. The largest absolute Gasteiger partial charge is 0.481 e. The maximum Gasteiger partial charge on any atom is 0.311 e. The third kappa shape index (κ3) is 5.17. The van der Waals surface area contributed by atoms with Crippen molar-refractivity contribution in [2.24, 2.45) is 5.73 Å². The van der Waals surface area contributed by atoms with Gasteiger partial charge in [-0.15, -0.1) is 0 Å². The van der Waals surface area contributed by atoms with Crippen LogP contribution in [0.3, 0.4) is 0 Å². The normalized spacial score (nSPS) is 11.7. The fourth-order valence-electron chi connectivity index (χ4n) is 2.61. The fraction of sp³-hybridized carbons (Fsp3) is 0.500. The van der Waals surface area contributed by atoms with E-state index in [1.807, 2.05) is 0 Å². The van der Waals surface area contributed by atoms with Crippen LogP contribution in [-0.4, -0.2) is 32.4 Å². The molecule has 0 heterocycles. The molecule has 12 heteroatoms. The van der Waals surface area contributed by atoms with Crippen LogP contribution in [0.4, 0.5) is 17.1 Å². The van der Waals surface area contributed by atoms with E-state index in [2.05, 4.69) is 0 Å². The van der Waals surface area contributed by atoms with Gasteiger partial charge in [0.05, 0.1) is 32.8 Å². The Bertz CT molecular complexity index is 686. The van der Waals surface area contributed by atoms with Crippen molar-refractivity contribution in [3.05, 3.63) is 48.0 Å². The molecule has 1 aromatic carbocycles. The van der Waals surface area contributed by atoms with Crippen LogP contribution in [0.2, 0.25) is 0 Å². The van der Waals surface area contributed by atoms with E-state index in [0.29, 0.717) is 31.5 Å². The van der Waals surface area contributed by atoms with Gasteiger partial charge in [-0.1, -0.05) is 19.3 Å². The summed E-state index contributed by atoms with van der Waals surface area (Å²) in [6, 6.07) is 1.10. The van der Waals surface area contributed by atoms with Crippen molar-refractivity contribution in [3.8, 4) is 0 Å². The highest BCUT2D eigenvalue weighted by molar-refractivity contribution is 5.81. The highest BCUT2D eigenvalue weighted by atomic mass is 16.6. The molecule has 0 amide bonds. The first-order valence-corrected chi connectivity index (χ1v) is 7.74. The second kappa shape index (κ2) is 9.36. The van der Waals surface area contributed by atoms with Gasteiger partial charge in [0.1, 0.15) is 5.56 Å². The summed E-state index contributed by atoms with van der Waals surface area (Å²) in [5.74, 6) is -2.99. The zero-order valence-corrected chi connectivity index (χ0v) is 13.7. The number of nitro groups is 3. The first-order chi connectivity index (χ1) is 12.2. The molecule has 0 bridgehead atoms. The summed E-state index contributed by atoms with van der Waals surface area (Å²) < 4.78 is 0. The monoisotopic (exact) mass is 370 g/mol. The molecule has 0 spiro atoms. The zero-order chi connectivity index (χ0) is 19.9. The Labute approximate surface area is 147 Å². The Hall–Kier alpha value is -3.15. The zero-order valence-electron chi connectivity index (χ0n) is 13.7. The van der Waals surface area contributed by atoms with Crippen LogP contribution in [0, 0.1) is 30.3 Å². The number of carbonyl (C=O) groups is 1. The molecule has 12 nitrogen and oxygen atoms in total. The number of nitro benzene ring substituents is 3. The minimum Gasteiger partial charge on any atom is -0.481 e. The van der Waals surface area contributed by atoms with Crippen molar-refractivity contribution in [2.45, 2.75) is 38.0 Å². The topological polar surface area (TPSA) is 193 Å². The number of non-ortho nitro benzene ring substituents is 1. The van der Waals surface area contributed by atoms with E-state index in [-0.39, 0.29) is 6.42 Å². The molecule has 0 fully saturated rings. The summed E-state index contributed by atoms with van der Waals surface area (Å²) in [5, 5.41) is 42.8. The van der Waals surface area contributed by atoms with E-state index in [9.17, 15) is 40.2 Å². The lowest BCUT2D eigenvalue weighted by molar-refractivity contribution is -0.404. The molecule has 142 valence electrons. The van der Waals surface area contributed by atoms with Gasteiger partial charge in [-0.3, -0.25) is 35.1 Å². The minimum atomic E-state index is -1.52. The lowest BCUT2D eigenvalue weighted by Gasteiger charge is -2.13. The molecule has 0 aliphatic heterocycles. The molecule has 0 radical (unpaired) electrons. The molecule has 0 saturated heterocycles. The standard InChI is InChI=1S/C14H18N4O8/c15-6-4-2-1-3-5-10(14(19)20)13-11(17(23)24)7-9(16(21)22)8-12(13)18(25)26/h7-8,10H,1-6,15H2,(H,19,20). The molecule has 0 aromatic heterocycles. The lowest BCUT2D eigenvalue weighted by atomic mass is 9.90. The van der Waals surface area contributed by atoms with E-state index >= 15 is 0 Å². The number of hydrogen-bond donors (Lipinski definition) is 2. The van der Waals surface area contributed by atoms with Crippen molar-refractivity contribution in [1.82, 2.24) is 0 Å². The van der Waals surface area contributed by atoms with Crippen molar-refractivity contribution < 1.29 is 24.7 Å². The quantitative estimate of drug-likeness (QED) is 0.334. The van der Waals surface area contributed by atoms with Gasteiger partial charge in [-0.05, 0) is 19.4 Å². The van der Waals surface area contributed by atoms with Gasteiger partial charge in [0.15, 0.2) is 0 Å². The smallest absolute Gasteiger partial charge is 0.311 e. The van der Waals surface area contributed by atoms with Crippen molar-refractivity contribution in [3.63, 3.8) is 0 Å². The molecule has 0 aliphatic rings. The average Bonchev–Trinajstić information content (AvgIpc) is 2.56.